The molecular weight excluding hydrogens is 482 g/mol. The standard InChI is InChI=1S/C30H31N3O3S/c1-19-10-12-20(13-11-19)28-25-8-6-16-32(25)29-23(22-7-4-5-9-27(22)37-29)18-33(28)30(34)31-24-17-21(35-2)14-15-26(24)36-3/h6,8,10-17,28H,4-5,7,9,18H2,1-3H3,(H,31,34). The number of rotatable bonds is 4. The number of amides is 2. The number of methoxy groups -OCH3 is 2. The first-order valence-corrected chi connectivity index (χ1v) is 13.6. The van der Waals surface area contributed by atoms with Crippen molar-refractivity contribution in [3.05, 3.63) is 93.6 Å². The van der Waals surface area contributed by atoms with Crippen LogP contribution in [-0.4, -0.2) is 29.7 Å². The van der Waals surface area contributed by atoms with Crippen LogP contribution in [0.3, 0.4) is 0 Å². The van der Waals surface area contributed by atoms with Gasteiger partial charge in [-0.25, -0.2) is 4.79 Å². The van der Waals surface area contributed by atoms with Gasteiger partial charge in [0.15, 0.2) is 0 Å². The van der Waals surface area contributed by atoms with Crippen LogP contribution < -0.4 is 14.8 Å². The lowest BCUT2D eigenvalue weighted by Gasteiger charge is -2.31. The predicted molar refractivity (Wildman–Crippen MR) is 147 cm³/mol. The Bertz CT molecular complexity index is 1450. The molecule has 0 saturated carbocycles. The summed E-state index contributed by atoms with van der Waals surface area (Å²) >= 11 is 1.89. The van der Waals surface area contributed by atoms with Gasteiger partial charge in [-0.1, -0.05) is 29.8 Å². The first kappa shape index (κ1) is 23.7. The molecule has 1 aliphatic heterocycles. The molecule has 2 aliphatic rings. The van der Waals surface area contributed by atoms with E-state index in [1.54, 1.807) is 20.3 Å². The Balaban J connectivity index is 1.48. The summed E-state index contributed by atoms with van der Waals surface area (Å²) in [7, 11) is 3.22. The minimum absolute atomic E-state index is 0.173. The minimum atomic E-state index is -0.244. The van der Waals surface area contributed by atoms with E-state index in [0.717, 1.165) is 24.1 Å². The van der Waals surface area contributed by atoms with E-state index in [4.69, 9.17) is 9.47 Å². The molecule has 1 unspecified atom stereocenters. The van der Waals surface area contributed by atoms with Crippen molar-refractivity contribution in [2.75, 3.05) is 19.5 Å². The molecule has 0 radical (unpaired) electrons. The van der Waals surface area contributed by atoms with E-state index >= 15 is 0 Å². The van der Waals surface area contributed by atoms with Gasteiger partial charge in [0.05, 0.1) is 38.2 Å². The average molecular weight is 514 g/mol. The number of hydrogen-bond donors (Lipinski definition) is 1. The number of aromatic nitrogens is 1. The van der Waals surface area contributed by atoms with Gasteiger partial charge in [0.1, 0.15) is 16.5 Å². The van der Waals surface area contributed by atoms with Crippen LogP contribution in [0, 0.1) is 6.92 Å². The van der Waals surface area contributed by atoms with Crippen molar-refractivity contribution in [1.29, 1.82) is 0 Å². The molecule has 6 nitrogen and oxygen atoms in total. The number of anilines is 1. The third kappa shape index (κ3) is 4.17. The van der Waals surface area contributed by atoms with E-state index in [1.165, 1.54) is 39.4 Å². The zero-order valence-corrected chi connectivity index (χ0v) is 22.2. The number of fused-ring (bicyclic) bond motifs is 5. The Morgan fingerprint density at radius 1 is 1.00 bits per heavy atom. The first-order valence-electron chi connectivity index (χ1n) is 12.7. The molecule has 0 spiro atoms. The smallest absolute Gasteiger partial charge is 0.323 e. The number of aryl methyl sites for hydroxylation is 2. The molecule has 2 amide bonds. The van der Waals surface area contributed by atoms with Crippen LogP contribution in [0.15, 0.2) is 60.8 Å². The number of benzene rings is 2. The van der Waals surface area contributed by atoms with Gasteiger partial charge in [-0.05, 0) is 68.0 Å². The van der Waals surface area contributed by atoms with Gasteiger partial charge < -0.3 is 24.3 Å². The fraction of sp³-hybridized carbons (Fsp3) is 0.300. The highest BCUT2D eigenvalue weighted by Crippen LogP contribution is 2.44. The largest absolute Gasteiger partial charge is 0.497 e. The second-order valence-corrected chi connectivity index (χ2v) is 10.8. The third-order valence-electron chi connectivity index (χ3n) is 7.48. The average Bonchev–Trinajstić information content (AvgIpc) is 3.51. The minimum Gasteiger partial charge on any atom is -0.497 e. The molecule has 2 aromatic carbocycles. The molecular formula is C30H31N3O3S. The maximum absolute atomic E-state index is 14.2. The van der Waals surface area contributed by atoms with E-state index < -0.39 is 0 Å². The SMILES string of the molecule is COc1ccc(OC)c(NC(=O)N2Cc3c(sc4c3CCCC4)-n3cccc3C2c2ccc(C)cc2)c1. The molecule has 2 aromatic heterocycles. The van der Waals surface area contributed by atoms with Crippen molar-refractivity contribution in [3.63, 3.8) is 0 Å². The zero-order chi connectivity index (χ0) is 25.5. The number of urea groups is 1. The maximum Gasteiger partial charge on any atom is 0.323 e. The molecule has 7 heteroatoms. The molecule has 4 aromatic rings. The van der Waals surface area contributed by atoms with Gasteiger partial charge in [0, 0.05) is 22.7 Å². The topological polar surface area (TPSA) is 55.7 Å². The second kappa shape index (κ2) is 9.63. The first-order chi connectivity index (χ1) is 18.1. The van der Waals surface area contributed by atoms with E-state index in [9.17, 15) is 4.79 Å². The Labute approximate surface area is 221 Å². The summed E-state index contributed by atoms with van der Waals surface area (Å²) in [4.78, 5) is 17.6. The Morgan fingerprint density at radius 2 is 1.81 bits per heavy atom. The van der Waals surface area contributed by atoms with Crippen LogP contribution in [0.25, 0.3) is 5.00 Å². The van der Waals surface area contributed by atoms with E-state index in [1.807, 2.05) is 28.4 Å². The highest BCUT2D eigenvalue weighted by molar-refractivity contribution is 7.15. The van der Waals surface area contributed by atoms with E-state index in [0.29, 0.717) is 23.7 Å². The van der Waals surface area contributed by atoms with Gasteiger partial charge in [0.25, 0.3) is 0 Å². The van der Waals surface area contributed by atoms with Crippen LogP contribution in [0.5, 0.6) is 11.5 Å². The summed E-state index contributed by atoms with van der Waals surface area (Å²) in [6, 6.07) is 17.8. The van der Waals surface area contributed by atoms with E-state index in [-0.39, 0.29) is 12.1 Å². The molecule has 1 aliphatic carbocycles. The maximum atomic E-state index is 14.2. The Morgan fingerprint density at radius 3 is 2.59 bits per heavy atom. The Hall–Kier alpha value is -3.71. The normalized spacial score (nSPS) is 16.3. The van der Waals surface area contributed by atoms with Gasteiger partial charge in [-0.15, -0.1) is 11.3 Å². The molecule has 190 valence electrons. The molecule has 1 atom stereocenters. The van der Waals surface area contributed by atoms with Crippen molar-refractivity contribution in [2.24, 2.45) is 0 Å². The Kier molecular flexibility index (Phi) is 6.16. The number of carbonyl (C=O) groups is 1. The van der Waals surface area contributed by atoms with Crippen molar-refractivity contribution < 1.29 is 14.3 Å². The van der Waals surface area contributed by atoms with Crippen molar-refractivity contribution >= 4 is 23.1 Å². The summed E-state index contributed by atoms with van der Waals surface area (Å²) in [5.74, 6) is 1.25. The summed E-state index contributed by atoms with van der Waals surface area (Å²) < 4.78 is 13.3. The quantitative estimate of drug-likeness (QED) is 0.324. The molecule has 0 bridgehead atoms. The molecule has 3 heterocycles. The number of hydrogen-bond acceptors (Lipinski definition) is 4. The number of thiophene rings is 1. The molecule has 0 fully saturated rings. The van der Waals surface area contributed by atoms with Gasteiger partial charge in [-0.2, -0.15) is 0 Å². The lowest BCUT2D eigenvalue weighted by atomic mass is 9.95. The van der Waals surface area contributed by atoms with Crippen LogP contribution in [-0.2, 0) is 19.4 Å². The lowest BCUT2D eigenvalue weighted by molar-refractivity contribution is 0.194. The molecule has 6 rings (SSSR count). The highest BCUT2D eigenvalue weighted by atomic mass is 32.1. The second-order valence-electron chi connectivity index (χ2n) is 9.74. The zero-order valence-electron chi connectivity index (χ0n) is 21.4. The number of nitrogens with one attached hydrogen (secondary N) is 1. The van der Waals surface area contributed by atoms with Crippen LogP contribution in [0.2, 0.25) is 0 Å². The van der Waals surface area contributed by atoms with Gasteiger partial charge >= 0.3 is 6.03 Å². The molecule has 1 N–H and O–H groups in total. The summed E-state index contributed by atoms with van der Waals surface area (Å²) in [6.07, 6.45) is 6.77. The van der Waals surface area contributed by atoms with Gasteiger partial charge in [0.2, 0.25) is 0 Å². The summed E-state index contributed by atoms with van der Waals surface area (Å²) in [6.45, 7) is 2.63. The van der Waals surface area contributed by atoms with Crippen molar-refractivity contribution in [3.8, 4) is 16.5 Å². The van der Waals surface area contributed by atoms with Crippen molar-refractivity contribution in [2.45, 2.75) is 45.2 Å². The number of ether oxygens (including phenoxy) is 2. The summed E-state index contributed by atoms with van der Waals surface area (Å²) in [5.41, 5.74) is 6.67. The van der Waals surface area contributed by atoms with E-state index in [2.05, 4.69) is 59.4 Å². The van der Waals surface area contributed by atoms with Crippen LogP contribution in [0.1, 0.15) is 51.7 Å². The number of carbonyl (C=O) groups excluding carboxylic acids is 1. The van der Waals surface area contributed by atoms with Crippen LogP contribution in [0.4, 0.5) is 10.5 Å². The number of nitrogens with zero attached hydrogens (tertiary/aromatic N) is 2. The van der Waals surface area contributed by atoms with Crippen LogP contribution >= 0.6 is 11.3 Å². The lowest BCUT2D eigenvalue weighted by Crippen LogP contribution is -2.38. The van der Waals surface area contributed by atoms with Gasteiger partial charge in [-0.3, -0.25) is 0 Å². The fourth-order valence-electron chi connectivity index (χ4n) is 5.58. The molecule has 37 heavy (non-hydrogen) atoms. The van der Waals surface area contributed by atoms with Crippen molar-refractivity contribution in [1.82, 2.24) is 9.47 Å². The fourth-order valence-corrected chi connectivity index (χ4v) is 6.99. The highest BCUT2D eigenvalue weighted by Gasteiger charge is 2.36. The monoisotopic (exact) mass is 513 g/mol. The third-order valence-corrected chi connectivity index (χ3v) is 8.81. The molecule has 0 saturated heterocycles. The predicted octanol–water partition coefficient (Wildman–Crippen LogP) is 6.88. The summed E-state index contributed by atoms with van der Waals surface area (Å²) in [5, 5.41) is 4.40.